The van der Waals surface area contributed by atoms with Gasteiger partial charge in [0.05, 0.1) is 58.0 Å². The van der Waals surface area contributed by atoms with E-state index in [4.69, 9.17) is 45.6 Å². The van der Waals surface area contributed by atoms with Crippen LogP contribution in [-0.4, -0.2) is 146 Å². The molecule has 0 radical (unpaired) electrons. The second-order valence-electron chi connectivity index (χ2n) is 21.6. The van der Waals surface area contributed by atoms with Crippen molar-refractivity contribution in [3.63, 3.8) is 0 Å². The highest BCUT2D eigenvalue weighted by Gasteiger charge is 2.66. The zero-order valence-electron chi connectivity index (χ0n) is 44.3. The lowest BCUT2D eigenvalue weighted by Crippen LogP contribution is -2.63. The van der Waals surface area contributed by atoms with E-state index in [0.717, 1.165) is 103 Å². The van der Waals surface area contributed by atoms with Gasteiger partial charge in [0, 0.05) is 57.8 Å². The van der Waals surface area contributed by atoms with Gasteiger partial charge >= 0.3 is 6.03 Å². The van der Waals surface area contributed by atoms with E-state index in [-0.39, 0.29) is 35.0 Å². The minimum absolute atomic E-state index is 0.00613. The maximum atomic E-state index is 13.7. The SMILES string of the molecule is CCCCCCCCN(CCC[C@@H](C)[C@H]1CC[C@H]2[C@@H]3[C@H](OCCCN)C[C@@H]4C[C@H](OCCCN)CC[C@]4(C)[C@H]3C[C@H](OCCCN)[C@]12C)C(=O)NCCOCCOCCOCCNC(=O)CCCS. The van der Waals surface area contributed by atoms with Gasteiger partial charge in [-0.2, -0.15) is 12.6 Å². The highest BCUT2D eigenvalue weighted by atomic mass is 32.1. The van der Waals surface area contributed by atoms with Crippen molar-refractivity contribution >= 4 is 24.6 Å². The molecule has 0 aliphatic heterocycles. The summed E-state index contributed by atoms with van der Waals surface area (Å²) in [6.45, 7) is 19.3. The minimum atomic E-state index is 0.00613. The molecule has 0 aromatic heterocycles. The average molecular weight is 998 g/mol. The predicted molar refractivity (Wildman–Crippen MR) is 282 cm³/mol. The Morgan fingerprint density at radius 2 is 1.30 bits per heavy atom. The molecule has 4 aliphatic rings. The van der Waals surface area contributed by atoms with Crippen LogP contribution in [0.15, 0.2) is 0 Å². The number of hydrogen-bond donors (Lipinski definition) is 6. The molecule has 0 heterocycles. The van der Waals surface area contributed by atoms with Crippen molar-refractivity contribution < 1.29 is 38.0 Å². The lowest BCUT2D eigenvalue weighted by atomic mass is 9.43. The van der Waals surface area contributed by atoms with Crippen LogP contribution in [0, 0.1) is 46.3 Å². The van der Waals surface area contributed by atoms with E-state index < -0.39 is 0 Å². The number of nitrogens with one attached hydrogen (secondary N) is 2. The van der Waals surface area contributed by atoms with Gasteiger partial charge in [-0.25, -0.2) is 4.79 Å². The lowest BCUT2D eigenvalue weighted by molar-refractivity contribution is -0.227. The van der Waals surface area contributed by atoms with Gasteiger partial charge in [0.1, 0.15) is 0 Å². The van der Waals surface area contributed by atoms with Crippen molar-refractivity contribution in [2.45, 2.75) is 174 Å². The Morgan fingerprint density at radius 3 is 1.99 bits per heavy atom. The molecule has 4 fully saturated rings. The zero-order valence-corrected chi connectivity index (χ0v) is 45.1. The van der Waals surface area contributed by atoms with Crippen LogP contribution >= 0.6 is 12.6 Å². The van der Waals surface area contributed by atoms with E-state index in [9.17, 15) is 9.59 Å². The number of nitrogens with two attached hydrogens (primary N) is 3. The molecule has 8 N–H and O–H groups in total. The van der Waals surface area contributed by atoms with Gasteiger partial charge in [0.15, 0.2) is 0 Å². The first-order valence-electron chi connectivity index (χ1n) is 28.2. The summed E-state index contributed by atoms with van der Waals surface area (Å²) in [5.41, 5.74) is 18.2. The van der Waals surface area contributed by atoms with Crippen molar-refractivity contribution in [1.82, 2.24) is 15.5 Å². The van der Waals surface area contributed by atoms with E-state index in [1.807, 2.05) is 0 Å². The number of urea groups is 1. The summed E-state index contributed by atoms with van der Waals surface area (Å²) in [5.74, 6) is 3.93. The van der Waals surface area contributed by atoms with Crippen LogP contribution in [-0.2, 0) is 33.2 Å². The summed E-state index contributed by atoms with van der Waals surface area (Å²) in [4.78, 5) is 27.4. The fraction of sp³-hybridized carbons (Fsp3) is 0.963. The van der Waals surface area contributed by atoms with Gasteiger partial charge in [-0.15, -0.1) is 0 Å². The Balaban J connectivity index is 1.32. The number of ether oxygens (including phenoxy) is 6. The van der Waals surface area contributed by atoms with Crippen LogP contribution in [0.2, 0.25) is 0 Å². The topological polar surface area (TPSA) is 195 Å². The third-order valence-electron chi connectivity index (χ3n) is 17.0. The quantitative estimate of drug-likeness (QED) is 0.0261. The molecule has 4 rings (SSSR count). The number of amides is 3. The molecular weight excluding hydrogens is 893 g/mol. The van der Waals surface area contributed by atoms with Gasteiger partial charge < -0.3 is 61.2 Å². The normalized spacial score (nSPS) is 29.0. The molecule has 0 aromatic rings. The summed E-state index contributed by atoms with van der Waals surface area (Å²) in [6, 6.07) is 0.00613. The number of nitrogens with zero attached hydrogens (tertiary/aromatic N) is 1. The first kappa shape index (κ1) is 60.3. The van der Waals surface area contributed by atoms with E-state index in [1.165, 1.54) is 44.9 Å². The molecule has 4 saturated carbocycles. The lowest BCUT2D eigenvalue weighted by Gasteiger charge is -2.65. The summed E-state index contributed by atoms with van der Waals surface area (Å²) in [7, 11) is 0. The van der Waals surface area contributed by atoms with Crippen LogP contribution in [0.1, 0.15) is 156 Å². The predicted octanol–water partition coefficient (Wildman–Crippen LogP) is 7.73. The smallest absolute Gasteiger partial charge is 0.317 e. The largest absolute Gasteiger partial charge is 0.378 e. The number of carbonyl (C=O) groups excluding carboxylic acids is 2. The molecule has 0 spiro atoms. The first-order chi connectivity index (χ1) is 33.6. The van der Waals surface area contributed by atoms with Crippen molar-refractivity contribution in [2.75, 3.05) is 111 Å². The van der Waals surface area contributed by atoms with Gasteiger partial charge in [-0.3, -0.25) is 4.79 Å². The molecule has 3 amide bonds. The molecule has 14 nitrogen and oxygen atoms in total. The van der Waals surface area contributed by atoms with Gasteiger partial charge in [0.25, 0.3) is 0 Å². The molecule has 0 aromatic carbocycles. The van der Waals surface area contributed by atoms with Crippen LogP contribution < -0.4 is 27.8 Å². The van der Waals surface area contributed by atoms with Crippen LogP contribution in [0.25, 0.3) is 0 Å². The van der Waals surface area contributed by atoms with E-state index in [1.54, 1.807) is 0 Å². The van der Waals surface area contributed by atoms with E-state index >= 15 is 0 Å². The Hall–Kier alpha value is -1.27. The first-order valence-corrected chi connectivity index (χ1v) is 28.8. The molecule has 15 heteroatoms. The molecule has 11 atom stereocenters. The molecule has 404 valence electrons. The standard InChI is InChI=1S/C54H104N6O8S/c1-5-6-7-8-9-10-27-60(52(62)59-26-33-64-35-37-65-36-34-63-32-25-58-50(61)17-12-38-69)28-11-16-42(2)45-18-19-46-51-47(41-49(54(45,46)4)68-31-15-24-57)53(3)21-20-44(66-29-13-22-55)39-43(53)40-48(51)67-30-14-23-56/h42-49,51,69H,5-41,55-57H2,1-4H3,(H,58,61)(H,59,62)/t42-,43+,44-,45-,46+,47+,48-,49+,51+,53+,54-/m1/s1. The number of carbonyl (C=O) groups is 2. The highest BCUT2D eigenvalue weighted by molar-refractivity contribution is 7.80. The van der Waals surface area contributed by atoms with Crippen molar-refractivity contribution in [3.8, 4) is 0 Å². The van der Waals surface area contributed by atoms with Gasteiger partial charge in [0.2, 0.25) is 5.91 Å². The number of unbranched alkanes of at least 4 members (excludes halogenated alkanes) is 5. The Morgan fingerprint density at radius 1 is 0.681 bits per heavy atom. The second-order valence-corrected chi connectivity index (χ2v) is 22.0. The van der Waals surface area contributed by atoms with Crippen LogP contribution in [0.4, 0.5) is 4.79 Å². The van der Waals surface area contributed by atoms with Crippen molar-refractivity contribution in [1.29, 1.82) is 0 Å². The maximum Gasteiger partial charge on any atom is 0.317 e. The Labute approximate surface area is 425 Å². The summed E-state index contributed by atoms with van der Waals surface area (Å²) >= 11 is 4.14. The monoisotopic (exact) mass is 997 g/mol. The van der Waals surface area contributed by atoms with Crippen molar-refractivity contribution in [2.24, 2.45) is 63.5 Å². The third kappa shape index (κ3) is 19.2. The third-order valence-corrected chi connectivity index (χ3v) is 17.4. The van der Waals surface area contributed by atoms with Crippen LogP contribution in [0.5, 0.6) is 0 Å². The fourth-order valence-electron chi connectivity index (χ4n) is 13.3. The van der Waals surface area contributed by atoms with Gasteiger partial charge in [-0.05, 0) is 156 Å². The maximum absolute atomic E-state index is 13.7. The zero-order chi connectivity index (χ0) is 49.7. The molecule has 0 saturated heterocycles. The molecule has 0 bridgehead atoms. The Bertz CT molecular complexity index is 1380. The number of hydrogen-bond acceptors (Lipinski definition) is 12. The fourth-order valence-corrected chi connectivity index (χ4v) is 13.4. The number of thiol groups is 1. The van der Waals surface area contributed by atoms with Gasteiger partial charge in [-0.1, -0.05) is 59.8 Å². The highest BCUT2D eigenvalue weighted by Crippen LogP contribution is 2.69. The number of fused-ring (bicyclic) bond motifs is 5. The summed E-state index contributed by atoms with van der Waals surface area (Å²) in [5, 5.41) is 6.00. The van der Waals surface area contributed by atoms with E-state index in [0.29, 0.717) is 133 Å². The average Bonchev–Trinajstić information content (AvgIpc) is 3.71. The number of rotatable bonds is 39. The molecule has 69 heavy (non-hydrogen) atoms. The molecule has 4 aliphatic carbocycles. The Kier molecular flexibility index (Phi) is 29.9. The molecular formula is C54H104N6O8S. The second kappa shape index (κ2) is 34.3. The summed E-state index contributed by atoms with van der Waals surface area (Å²) in [6.07, 6.45) is 22.0. The minimum Gasteiger partial charge on any atom is -0.378 e. The molecule has 0 unspecified atom stereocenters. The van der Waals surface area contributed by atoms with Crippen LogP contribution in [0.3, 0.4) is 0 Å². The van der Waals surface area contributed by atoms with Crippen molar-refractivity contribution in [3.05, 3.63) is 0 Å². The van der Waals surface area contributed by atoms with E-state index in [2.05, 4.69) is 55.9 Å². The summed E-state index contributed by atoms with van der Waals surface area (Å²) < 4.78 is 37.5.